The van der Waals surface area contributed by atoms with E-state index in [9.17, 15) is 0 Å². The first kappa shape index (κ1) is 23.7. The molecule has 0 radical (unpaired) electrons. The van der Waals surface area contributed by atoms with Crippen LogP contribution >= 0.6 is 0 Å². The first-order valence-corrected chi connectivity index (χ1v) is 11.8. The maximum atomic E-state index is 6.82. The summed E-state index contributed by atoms with van der Waals surface area (Å²) in [6.45, 7) is 18.9. The molecule has 1 atom stereocenters. The Kier molecular flexibility index (Phi) is 6.75. The fourth-order valence-corrected chi connectivity index (χ4v) is 5.71. The Balaban J connectivity index is 1.83. The summed E-state index contributed by atoms with van der Waals surface area (Å²) in [5.41, 5.74) is 1.21. The van der Waals surface area contributed by atoms with E-state index in [2.05, 4.69) is 95.8 Å². The molecule has 2 heterocycles. The standard InChI is InChI=1S/C26H44N2O2/c1-23(2)16-12-17-24(3,4)27(23)29-20-22(21-14-10-9-11-15-21)30-28-25(5,6)18-13-19-26(28,7)8/h9-11,14-15,22H,12-13,16-20H2,1-8H3. The van der Waals surface area contributed by atoms with Crippen molar-refractivity contribution < 1.29 is 9.68 Å². The highest BCUT2D eigenvalue weighted by Gasteiger charge is 2.45. The molecule has 3 rings (SSSR count). The number of hydroxylamine groups is 4. The van der Waals surface area contributed by atoms with Crippen molar-refractivity contribution in [2.24, 2.45) is 0 Å². The average Bonchev–Trinajstić information content (AvgIpc) is 2.62. The fourth-order valence-electron chi connectivity index (χ4n) is 5.71. The molecule has 2 fully saturated rings. The molecule has 2 saturated heterocycles. The second kappa shape index (κ2) is 8.54. The van der Waals surface area contributed by atoms with Crippen LogP contribution in [0, 0.1) is 0 Å². The van der Waals surface area contributed by atoms with Crippen molar-refractivity contribution in [1.82, 2.24) is 10.1 Å². The van der Waals surface area contributed by atoms with E-state index in [0.717, 1.165) is 25.7 Å². The van der Waals surface area contributed by atoms with Gasteiger partial charge in [0.05, 0.1) is 0 Å². The zero-order chi connectivity index (χ0) is 22.2. The van der Waals surface area contributed by atoms with Gasteiger partial charge in [0, 0.05) is 22.2 Å². The third-order valence-corrected chi connectivity index (χ3v) is 7.11. The molecular formula is C26H44N2O2. The quantitative estimate of drug-likeness (QED) is 0.516. The van der Waals surface area contributed by atoms with Crippen LogP contribution in [0.15, 0.2) is 30.3 Å². The van der Waals surface area contributed by atoms with Crippen LogP contribution in [-0.2, 0) is 9.68 Å². The lowest BCUT2D eigenvalue weighted by atomic mass is 9.82. The third-order valence-electron chi connectivity index (χ3n) is 7.11. The van der Waals surface area contributed by atoms with Gasteiger partial charge in [-0.15, -0.1) is 0 Å². The van der Waals surface area contributed by atoms with Gasteiger partial charge >= 0.3 is 0 Å². The van der Waals surface area contributed by atoms with E-state index < -0.39 is 0 Å². The lowest BCUT2D eigenvalue weighted by Crippen LogP contribution is -2.60. The minimum atomic E-state index is -0.142. The highest BCUT2D eigenvalue weighted by atomic mass is 16.7. The second-order valence-electron chi connectivity index (χ2n) is 11.8. The van der Waals surface area contributed by atoms with Crippen molar-refractivity contribution in [1.29, 1.82) is 0 Å². The molecule has 4 heteroatoms. The summed E-state index contributed by atoms with van der Waals surface area (Å²) in [4.78, 5) is 13.4. The smallest absolute Gasteiger partial charge is 0.130 e. The van der Waals surface area contributed by atoms with E-state index in [1.165, 1.54) is 18.4 Å². The molecule has 1 aromatic carbocycles. The van der Waals surface area contributed by atoms with Gasteiger partial charge in [0.2, 0.25) is 0 Å². The predicted molar refractivity (Wildman–Crippen MR) is 124 cm³/mol. The average molecular weight is 417 g/mol. The molecule has 1 unspecified atom stereocenters. The van der Waals surface area contributed by atoms with Gasteiger partial charge in [0.1, 0.15) is 12.7 Å². The molecule has 0 N–H and O–H groups in total. The van der Waals surface area contributed by atoms with Crippen LogP contribution in [0.1, 0.15) is 106 Å². The van der Waals surface area contributed by atoms with Gasteiger partial charge in [-0.3, -0.25) is 9.68 Å². The lowest BCUT2D eigenvalue weighted by molar-refractivity contribution is -0.341. The first-order valence-electron chi connectivity index (χ1n) is 11.8. The molecule has 1 aromatic rings. The van der Waals surface area contributed by atoms with Gasteiger partial charge in [-0.2, -0.15) is 10.1 Å². The predicted octanol–water partition coefficient (Wildman–Crippen LogP) is 6.68. The number of piperidine rings is 2. The van der Waals surface area contributed by atoms with Crippen molar-refractivity contribution in [3.63, 3.8) is 0 Å². The summed E-state index contributed by atoms with van der Waals surface area (Å²) in [7, 11) is 0. The van der Waals surface area contributed by atoms with E-state index in [4.69, 9.17) is 9.68 Å². The van der Waals surface area contributed by atoms with Crippen LogP contribution in [0.5, 0.6) is 0 Å². The van der Waals surface area contributed by atoms with E-state index in [0.29, 0.717) is 6.61 Å². The molecule has 0 spiro atoms. The molecule has 2 aliphatic rings. The Labute approximate surface area is 184 Å². The van der Waals surface area contributed by atoms with E-state index in [1.807, 2.05) is 0 Å². The Morgan fingerprint density at radius 2 is 1.13 bits per heavy atom. The Hall–Kier alpha value is -0.940. The van der Waals surface area contributed by atoms with Crippen molar-refractivity contribution in [3.05, 3.63) is 35.9 Å². The van der Waals surface area contributed by atoms with Crippen LogP contribution in [0.2, 0.25) is 0 Å². The molecule has 2 aliphatic heterocycles. The molecule has 0 aliphatic carbocycles. The highest BCUT2D eigenvalue weighted by molar-refractivity contribution is 5.17. The van der Waals surface area contributed by atoms with Gasteiger partial charge in [-0.25, -0.2) is 0 Å². The van der Waals surface area contributed by atoms with Crippen LogP contribution in [-0.4, -0.2) is 38.9 Å². The van der Waals surface area contributed by atoms with E-state index in [-0.39, 0.29) is 28.3 Å². The zero-order valence-corrected chi connectivity index (χ0v) is 20.6. The van der Waals surface area contributed by atoms with Crippen molar-refractivity contribution in [2.45, 2.75) is 122 Å². The largest absolute Gasteiger partial charge is 0.295 e. The summed E-state index contributed by atoms with van der Waals surface area (Å²) in [5, 5.41) is 4.51. The molecular weight excluding hydrogens is 372 g/mol. The SMILES string of the molecule is CC1(C)CCCC(C)(C)N1OCC(ON1C(C)(C)CCCC1(C)C)c1ccccc1. The minimum Gasteiger partial charge on any atom is -0.295 e. The second-order valence-corrected chi connectivity index (χ2v) is 11.8. The summed E-state index contributed by atoms with van der Waals surface area (Å²) in [6.07, 6.45) is 6.93. The van der Waals surface area contributed by atoms with Gasteiger partial charge < -0.3 is 0 Å². The summed E-state index contributed by atoms with van der Waals surface area (Å²) >= 11 is 0. The molecule has 30 heavy (non-hydrogen) atoms. The number of nitrogens with zero attached hydrogens (tertiary/aromatic N) is 2. The van der Waals surface area contributed by atoms with Crippen LogP contribution in [0.4, 0.5) is 0 Å². The topological polar surface area (TPSA) is 24.9 Å². The Morgan fingerprint density at radius 1 is 0.700 bits per heavy atom. The molecule has 0 saturated carbocycles. The van der Waals surface area contributed by atoms with Crippen LogP contribution in [0.25, 0.3) is 0 Å². The van der Waals surface area contributed by atoms with Crippen molar-refractivity contribution >= 4 is 0 Å². The maximum absolute atomic E-state index is 6.82. The van der Waals surface area contributed by atoms with Gasteiger partial charge in [0.25, 0.3) is 0 Å². The van der Waals surface area contributed by atoms with Crippen LogP contribution < -0.4 is 0 Å². The van der Waals surface area contributed by atoms with Gasteiger partial charge in [0.15, 0.2) is 0 Å². The van der Waals surface area contributed by atoms with Gasteiger partial charge in [-0.05, 0) is 99.5 Å². The van der Waals surface area contributed by atoms with Crippen LogP contribution in [0.3, 0.4) is 0 Å². The summed E-state index contributed by atoms with van der Waals surface area (Å²) < 4.78 is 0. The molecule has 170 valence electrons. The normalized spacial score (nSPS) is 26.9. The molecule has 0 bridgehead atoms. The minimum absolute atomic E-state index is 0.00154. The maximum Gasteiger partial charge on any atom is 0.130 e. The molecule has 4 nitrogen and oxygen atoms in total. The Morgan fingerprint density at radius 3 is 1.60 bits per heavy atom. The zero-order valence-electron chi connectivity index (χ0n) is 20.6. The number of rotatable bonds is 6. The van der Waals surface area contributed by atoms with Gasteiger partial charge in [-0.1, -0.05) is 30.3 Å². The summed E-state index contributed by atoms with van der Waals surface area (Å²) in [6, 6.07) is 10.6. The third kappa shape index (κ3) is 5.09. The molecule has 0 amide bonds. The first-order chi connectivity index (χ1) is 13.9. The highest BCUT2D eigenvalue weighted by Crippen LogP contribution is 2.42. The monoisotopic (exact) mass is 416 g/mol. The van der Waals surface area contributed by atoms with Crippen molar-refractivity contribution in [3.8, 4) is 0 Å². The number of benzene rings is 1. The summed E-state index contributed by atoms with van der Waals surface area (Å²) in [5.74, 6) is 0. The molecule has 0 aromatic heterocycles. The Bertz CT molecular complexity index is 664. The fraction of sp³-hybridized carbons (Fsp3) is 0.769. The van der Waals surface area contributed by atoms with Crippen molar-refractivity contribution in [2.75, 3.05) is 6.61 Å². The van der Waals surface area contributed by atoms with E-state index in [1.54, 1.807) is 0 Å². The lowest BCUT2D eigenvalue weighted by Gasteiger charge is -2.53. The number of hydrogen-bond donors (Lipinski definition) is 0. The van der Waals surface area contributed by atoms with E-state index >= 15 is 0 Å². The number of hydrogen-bond acceptors (Lipinski definition) is 4.